The number of halogens is 4. The van der Waals surface area contributed by atoms with E-state index in [9.17, 15) is 13.2 Å². The van der Waals surface area contributed by atoms with Gasteiger partial charge in [-0.15, -0.1) is 0 Å². The summed E-state index contributed by atoms with van der Waals surface area (Å²) >= 11 is 6.28. The maximum absolute atomic E-state index is 13.3. The zero-order valence-corrected chi connectivity index (χ0v) is 13.9. The number of benzene rings is 1. The molecule has 0 aliphatic carbocycles. The van der Waals surface area contributed by atoms with Crippen LogP contribution in [-0.2, 0) is 19.8 Å². The zero-order valence-electron chi connectivity index (χ0n) is 13.1. The molecule has 0 bridgehead atoms. The Morgan fingerprint density at radius 3 is 2.79 bits per heavy atom. The summed E-state index contributed by atoms with van der Waals surface area (Å²) in [5.74, 6) is 0. The Labute approximate surface area is 143 Å². The first-order valence-electron chi connectivity index (χ1n) is 7.65. The van der Waals surface area contributed by atoms with Crippen LogP contribution in [0.25, 0.3) is 0 Å². The lowest BCUT2D eigenvalue weighted by Crippen LogP contribution is -2.45. The minimum Gasteiger partial charge on any atom is -0.314 e. The van der Waals surface area contributed by atoms with E-state index < -0.39 is 11.9 Å². The molecule has 130 valence electrons. The molecule has 1 atom stereocenters. The largest absolute Gasteiger partial charge is 0.433 e. The lowest BCUT2D eigenvalue weighted by atomic mass is 10.0. The normalized spacial score (nSPS) is 19.6. The van der Waals surface area contributed by atoms with Crippen molar-refractivity contribution in [2.24, 2.45) is 7.05 Å². The van der Waals surface area contributed by atoms with Crippen LogP contribution in [0.4, 0.5) is 13.2 Å². The van der Waals surface area contributed by atoms with Crippen LogP contribution >= 0.6 is 11.6 Å². The fourth-order valence-corrected chi connectivity index (χ4v) is 3.43. The van der Waals surface area contributed by atoms with Crippen LogP contribution in [0.3, 0.4) is 0 Å². The highest BCUT2D eigenvalue weighted by molar-refractivity contribution is 6.31. The maximum Gasteiger partial charge on any atom is 0.433 e. The molecule has 0 amide bonds. The number of piperazine rings is 1. The molecule has 0 saturated carbocycles. The summed E-state index contributed by atoms with van der Waals surface area (Å²) < 4.78 is 40.7. The Balaban J connectivity index is 1.90. The summed E-state index contributed by atoms with van der Waals surface area (Å²) in [6.07, 6.45) is -3.12. The topological polar surface area (TPSA) is 33.1 Å². The Hall–Kier alpha value is -1.57. The third-order valence-corrected chi connectivity index (χ3v) is 4.62. The average molecular weight is 359 g/mol. The van der Waals surface area contributed by atoms with Crippen molar-refractivity contribution in [3.63, 3.8) is 0 Å². The van der Waals surface area contributed by atoms with Crippen molar-refractivity contribution in [2.45, 2.75) is 18.8 Å². The van der Waals surface area contributed by atoms with Crippen molar-refractivity contribution < 1.29 is 13.2 Å². The van der Waals surface area contributed by atoms with Crippen molar-refractivity contribution >= 4 is 11.6 Å². The number of alkyl halides is 3. The number of hydrogen-bond acceptors (Lipinski definition) is 3. The second kappa shape index (κ2) is 6.74. The quantitative estimate of drug-likeness (QED) is 0.914. The second-order valence-corrected chi connectivity index (χ2v) is 6.26. The molecule has 1 aliphatic heterocycles. The molecule has 1 aromatic carbocycles. The Bertz CT molecular complexity index is 714. The smallest absolute Gasteiger partial charge is 0.314 e. The molecule has 1 aliphatic rings. The molecule has 0 spiro atoms. The highest BCUT2D eigenvalue weighted by atomic mass is 35.5. The molecule has 1 fully saturated rings. The number of hydrogen-bond donors (Lipinski definition) is 1. The van der Waals surface area contributed by atoms with Crippen LogP contribution in [0.2, 0.25) is 5.02 Å². The fraction of sp³-hybridized carbons (Fsp3) is 0.438. The van der Waals surface area contributed by atoms with E-state index in [0.29, 0.717) is 18.1 Å². The molecule has 2 heterocycles. The zero-order chi connectivity index (χ0) is 17.3. The van der Waals surface area contributed by atoms with Crippen molar-refractivity contribution in [3.8, 4) is 0 Å². The molecule has 4 nitrogen and oxygen atoms in total. The summed E-state index contributed by atoms with van der Waals surface area (Å²) in [6.45, 7) is 2.19. The van der Waals surface area contributed by atoms with Gasteiger partial charge in [-0.2, -0.15) is 18.3 Å². The first-order valence-corrected chi connectivity index (χ1v) is 8.03. The van der Waals surface area contributed by atoms with E-state index in [0.717, 1.165) is 16.8 Å². The molecule has 2 aromatic rings. The van der Waals surface area contributed by atoms with E-state index in [-0.39, 0.29) is 18.2 Å². The summed E-state index contributed by atoms with van der Waals surface area (Å²) in [4.78, 5) is 2.02. The highest BCUT2D eigenvalue weighted by Gasteiger charge is 2.38. The lowest BCUT2D eigenvalue weighted by Gasteiger charge is -2.37. The van der Waals surface area contributed by atoms with Gasteiger partial charge in [0.05, 0.1) is 6.20 Å². The van der Waals surface area contributed by atoms with Crippen molar-refractivity contribution in [3.05, 3.63) is 52.3 Å². The van der Waals surface area contributed by atoms with Gasteiger partial charge in [-0.3, -0.25) is 9.58 Å². The second-order valence-electron chi connectivity index (χ2n) is 5.85. The Morgan fingerprint density at radius 1 is 1.33 bits per heavy atom. The third kappa shape index (κ3) is 3.43. The predicted molar refractivity (Wildman–Crippen MR) is 85.7 cm³/mol. The number of rotatable bonds is 3. The Morgan fingerprint density at radius 2 is 2.08 bits per heavy atom. The molecule has 1 unspecified atom stereocenters. The van der Waals surface area contributed by atoms with Gasteiger partial charge in [0.25, 0.3) is 0 Å². The standard InChI is InChI=1S/C16H18ClF3N4/c1-23-15(16(18,19)20)11(8-22-23)10-24-7-6-21-9-14(24)12-4-2-3-5-13(12)17/h2-5,8,14,21H,6-7,9-10H2,1H3. The van der Waals surface area contributed by atoms with E-state index in [1.165, 1.54) is 13.2 Å². The Kier molecular flexibility index (Phi) is 4.85. The van der Waals surface area contributed by atoms with Crippen molar-refractivity contribution in [1.29, 1.82) is 0 Å². The van der Waals surface area contributed by atoms with Gasteiger partial charge in [0.2, 0.25) is 0 Å². The lowest BCUT2D eigenvalue weighted by molar-refractivity contribution is -0.144. The minimum atomic E-state index is -4.42. The van der Waals surface area contributed by atoms with Gasteiger partial charge < -0.3 is 5.32 Å². The monoisotopic (exact) mass is 358 g/mol. The van der Waals surface area contributed by atoms with E-state index >= 15 is 0 Å². The van der Waals surface area contributed by atoms with Gasteiger partial charge in [0.1, 0.15) is 5.69 Å². The van der Waals surface area contributed by atoms with Gasteiger partial charge in [-0.1, -0.05) is 29.8 Å². The van der Waals surface area contributed by atoms with Gasteiger partial charge in [0.15, 0.2) is 0 Å². The molecule has 1 saturated heterocycles. The highest BCUT2D eigenvalue weighted by Crippen LogP contribution is 2.34. The SMILES string of the molecule is Cn1ncc(CN2CCNCC2c2ccccc2Cl)c1C(F)(F)F. The molecule has 1 N–H and O–H groups in total. The van der Waals surface area contributed by atoms with Crippen LogP contribution in [0.5, 0.6) is 0 Å². The summed E-state index contributed by atoms with van der Waals surface area (Å²) in [7, 11) is 1.32. The third-order valence-electron chi connectivity index (χ3n) is 4.27. The summed E-state index contributed by atoms with van der Waals surface area (Å²) in [5.41, 5.74) is 0.409. The van der Waals surface area contributed by atoms with E-state index in [1.807, 2.05) is 23.1 Å². The molecule has 0 radical (unpaired) electrons. The maximum atomic E-state index is 13.3. The fourth-order valence-electron chi connectivity index (χ4n) is 3.17. The van der Waals surface area contributed by atoms with Crippen LogP contribution in [0.15, 0.2) is 30.5 Å². The number of nitrogens with zero attached hydrogens (tertiary/aromatic N) is 3. The van der Waals surface area contributed by atoms with Crippen LogP contribution in [-0.4, -0.2) is 34.3 Å². The molecule has 24 heavy (non-hydrogen) atoms. The van der Waals surface area contributed by atoms with E-state index in [1.54, 1.807) is 6.07 Å². The number of aromatic nitrogens is 2. The van der Waals surface area contributed by atoms with Gasteiger partial charge >= 0.3 is 6.18 Å². The first kappa shape index (κ1) is 17.3. The molecular formula is C16H18ClF3N4. The summed E-state index contributed by atoms with van der Waals surface area (Å²) in [6, 6.07) is 7.37. The first-order chi connectivity index (χ1) is 11.4. The van der Waals surface area contributed by atoms with Crippen LogP contribution in [0.1, 0.15) is 22.9 Å². The number of aryl methyl sites for hydroxylation is 1. The van der Waals surface area contributed by atoms with Crippen molar-refractivity contribution in [2.75, 3.05) is 19.6 Å². The van der Waals surface area contributed by atoms with Gasteiger partial charge in [0, 0.05) is 49.9 Å². The van der Waals surface area contributed by atoms with Crippen molar-refractivity contribution in [1.82, 2.24) is 20.0 Å². The van der Waals surface area contributed by atoms with Gasteiger partial charge in [-0.25, -0.2) is 0 Å². The number of nitrogens with one attached hydrogen (secondary N) is 1. The minimum absolute atomic E-state index is 0.0752. The molecule has 1 aromatic heterocycles. The summed E-state index contributed by atoms with van der Waals surface area (Å²) in [5, 5.41) is 7.70. The molecular weight excluding hydrogens is 341 g/mol. The molecule has 3 rings (SSSR count). The van der Waals surface area contributed by atoms with Crippen LogP contribution < -0.4 is 5.32 Å². The van der Waals surface area contributed by atoms with Gasteiger partial charge in [-0.05, 0) is 11.6 Å². The van der Waals surface area contributed by atoms with Crippen LogP contribution in [0, 0.1) is 0 Å². The predicted octanol–water partition coefficient (Wildman–Crippen LogP) is 3.24. The van der Waals surface area contributed by atoms with E-state index in [4.69, 9.17) is 11.6 Å². The molecule has 8 heteroatoms. The average Bonchev–Trinajstić information content (AvgIpc) is 2.89. The van der Waals surface area contributed by atoms with E-state index in [2.05, 4.69) is 10.4 Å².